The number of piperazine rings is 1. The molecule has 1 aliphatic heterocycles. The highest BCUT2D eigenvalue weighted by atomic mass is 32.1. The van der Waals surface area contributed by atoms with Gasteiger partial charge in [-0.3, -0.25) is 14.6 Å². The first-order valence-corrected chi connectivity index (χ1v) is 10.6. The fraction of sp³-hybridized carbons (Fsp3) is 0.312. The molecule has 30 heavy (non-hydrogen) atoms. The lowest BCUT2D eigenvalue weighted by molar-refractivity contribution is -0.114. The average Bonchev–Trinajstić information content (AvgIpc) is 3.15. The molecule has 4 rings (SSSR count). The summed E-state index contributed by atoms with van der Waals surface area (Å²) in [6.07, 6.45) is 0. The number of rotatable bonds is 4. The van der Waals surface area contributed by atoms with Gasteiger partial charge in [-0.2, -0.15) is 9.61 Å². The number of hydrogen-bond donors (Lipinski definition) is 3. The van der Waals surface area contributed by atoms with Crippen LogP contribution in [0.25, 0.3) is 15.5 Å². The monoisotopic (exact) mass is 422 g/mol. The number of pyridine rings is 1. The molecule has 3 aromatic heterocycles. The van der Waals surface area contributed by atoms with Crippen molar-refractivity contribution in [2.75, 3.05) is 42.9 Å². The molecular weight excluding hydrogens is 401 g/mol. The number of carbonyl (C=O) groups is 1. The van der Waals surface area contributed by atoms with Gasteiger partial charge in [-0.15, -0.1) is 0 Å². The summed E-state index contributed by atoms with van der Waals surface area (Å²) in [5.74, 6) is 0.378. The van der Waals surface area contributed by atoms with E-state index in [1.165, 1.54) is 21.9 Å². The van der Waals surface area contributed by atoms with Gasteiger partial charge in [0.15, 0.2) is 15.7 Å². The standard InChI is InChI=1S/C16H21B3N8O2S/c17-11-10(13(18)24-14(19)12(11)23-8(28)6-20)15-25-27-9(29)5-7(22-16(27)30-15)26-3-1-21-2-4-26/h5,21H,1-4,6,17-20H2,(H,23,28). The van der Waals surface area contributed by atoms with Gasteiger partial charge in [0.25, 0.3) is 5.56 Å². The molecule has 0 spiro atoms. The minimum absolute atomic E-state index is 0.114. The molecule has 0 atom stereocenters. The maximum Gasteiger partial charge on any atom is 0.277 e. The zero-order valence-electron chi connectivity index (χ0n) is 17.2. The lowest BCUT2D eigenvalue weighted by Crippen LogP contribution is -2.44. The number of anilines is 2. The summed E-state index contributed by atoms with van der Waals surface area (Å²) in [6, 6.07) is 1.53. The van der Waals surface area contributed by atoms with E-state index < -0.39 is 0 Å². The summed E-state index contributed by atoms with van der Waals surface area (Å²) in [7, 11) is 5.62. The summed E-state index contributed by atoms with van der Waals surface area (Å²) in [5.41, 5.74) is 8.93. The van der Waals surface area contributed by atoms with Crippen LogP contribution in [0.4, 0.5) is 11.5 Å². The molecule has 1 aliphatic rings. The fourth-order valence-corrected chi connectivity index (χ4v) is 4.73. The van der Waals surface area contributed by atoms with E-state index in [-0.39, 0.29) is 18.0 Å². The minimum atomic E-state index is -0.291. The molecule has 14 heteroatoms. The van der Waals surface area contributed by atoms with Crippen LogP contribution in [0.15, 0.2) is 10.9 Å². The molecule has 0 unspecified atom stereocenters. The van der Waals surface area contributed by atoms with Gasteiger partial charge >= 0.3 is 0 Å². The van der Waals surface area contributed by atoms with Crippen LogP contribution in [0.1, 0.15) is 0 Å². The molecule has 1 fully saturated rings. The number of aromatic nitrogens is 4. The van der Waals surface area contributed by atoms with Crippen LogP contribution in [0, 0.1) is 0 Å². The summed E-state index contributed by atoms with van der Waals surface area (Å²) < 4.78 is 1.32. The predicted octanol–water partition coefficient (Wildman–Crippen LogP) is -5.70. The van der Waals surface area contributed by atoms with Crippen LogP contribution in [-0.2, 0) is 4.79 Å². The molecule has 152 valence electrons. The van der Waals surface area contributed by atoms with Gasteiger partial charge in [0.2, 0.25) is 10.9 Å². The van der Waals surface area contributed by atoms with E-state index in [1.54, 1.807) is 0 Å². The Morgan fingerprint density at radius 1 is 1.23 bits per heavy atom. The van der Waals surface area contributed by atoms with E-state index in [4.69, 9.17) is 5.73 Å². The van der Waals surface area contributed by atoms with Gasteiger partial charge in [-0.25, -0.2) is 4.98 Å². The van der Waals surface area contributed by atoms with Crippen molar-refractivity contribution < 1.29 is 4.79 Å². The summed E-state index contributed by atoms with van der Waals surface area (Å²) in [4.78, 5) is 36.4. The Morgan fingerprint density at radius 2 is 1.97 bits per heavy atom. The van der Waals surface area contributed by atoms with Crippen molar-refractivity contribution in [2.24, 2.45) is 5.73 Å². The molecule has 0 saturated carbocycles. The van der Waals surface area contributed by atoms with Crippen LogP contribution in [0.5, 0.6) is 0 Å². The topological polar surface area (TPSA) is 131 Å². The van der Waals surface area contributed by atoms with E-state index in [0.29, 0.717) is 27.1 Å². The quantitative estimate of drug-likeness (QED) is 0.355. The van der Waals surface area contributed by atoms with Crippen LogP contribution < -0.4 is 43.5 Å². The van der Waals surface area contributed by atoms with Gasteiger partial charge in [0, 0.05) is 54.7 Å². The average molecular weight is 422 g/mol. The number of hydrogen-bond acceptors (Lipinski definition) is 9. The fourth-order valence-electron chi connectivity index (χ4n) is 3.68. The third-order valence-corrected chi connectivity index (χ3v) is 6.07. The smallest absolute Gasteiger partial charge is 0.277 e. The van der Waals surface area contributed by atoms with Crippen molar-refractivity contribution in [3.05, 3.63) is 16.4 Å². The van der Waals surface area contributed by atoms with Gasteiger partial charge in [-0.05, 0) is 0 Å². The third-order valence-electron chi connectivity index (χ3n) is 5.15. The summed E-state index contributed by atoms with van der Waals surface area (Å²) in [5, 5.41) is 11.3. The number of amides is 1. The van der Waals surface area contributed by atoms with Gasteiger partial charge < -0.3 is 21.3 Å². The Hall–Kier alpha value is -2.70. The van der Waals surface area contributed by atoms with Crippen LogP contribution in [0.2, 0.25) is 0 Å². The first kappa shape index (κ1) is 20.6. The third kappa shape index (κ3) is 3.73. The molecule has 0 aliphatic carbocycles. The zero-order chi connectivity index (χ0) is 21.4. The van der Waals surface area contributed by atoms with Crippen LogP contribution >= 0.6 is 11.3 Å². The van der Waals surface area contributed by atoms with E-state index >= 15 is 0 Å². The highest BCUT2D eigenvalue weighted by molar-refractivity contribution is 7.20. The largest absolute Gasteiger partial charge is 0.354 e. The van der Waals surface area contributed by atoms with Crippen molar-refractivity contribution in [1.29, 1.82) is 0 Å². The van der Waals surface area contributed by atoms with Crippen molar-refractivity contribution in [2.45, 2.75) is 0 Å². The molecule has 1 amide bonds. The highest BCUT2D eigenvalue weighted by Crippen LogP contribution is 2.23. The normalized spacial score (nSPS) is 14.2. The maximum absolute atomic E-state index is 12.7. The second-order valence-electron chi connectivity index (χ2n) is 7.20. The second-order valence-corrected chi connectivity index (χ2v) is 8.16. The van der Waals surface area contributed by atoms with E-state index in [9.17, 15) is 9.59 Å². The Kier molecular flexibility index (Phi) is 5.63. The number of nitrogens with two attached hydrogens (primary N) is 1. The Bertz CT molecular complexity index is 1190. The Balaban J connectivity index is 1.81. The van der Waals surface area contributed by atoms with Gasteiger partial charge in [0.1, 0.15) is 18.7 Å². The van der Waals surface area contributed by atoms with Gasteiger partial charge in [0.05, 0.1) is 6.54 Å². The van der Waals surface area contributed by atoms with Crippen molar-refractivity contribution in [3.63, 3.8) is 0 Å². The molecule has 0 radical (unpaired) electrons. The Labute approximate surface area is 179 Å². The molecule has 4 N–H and O–H groups in total. The van der Waals surface area contributed by atoms with E-state index in [1.807, 2.05) is 23.5 Å². The van der Waals surface area contributed by atoms with Gasteiger partial charge in [-0.1, -0.05) is 16.8 Å². The summed E-state index contributed by atoms with van der Waals surface area (Å²) in [6.45, 7) is 3.22. The van der Waals surface area contributed by atoms with E-state index in [0.717, 1.165) is 42.8 Å². The van der Waals surface area contributed by atoms with Crippen molar-refractivity contribution >= 4 is 73.9 Å². The van der Waals surface area contributed by atoms with Crippen LogP contribution in [0.3, 0.4) is 0 Å². The number of fused-ring (bicyclic) bond motifs is 1. The van der Waals surface area contributed by atoms with Crippen molar-refractivity contribution in [1.82, 2.24) is 24.9 Å². The SMILES string of the molecule is Bc1nc(B)c(-c2nn3c(=O)cc(N4CCNCC4)nc3s2)c(B)c1NC(=O)CN. The first-order valence-electron chi connectivity index (χ1n) is 9.73. The number of carbonyl (C=O) groups excluding carboxylic acids is 1. The van der Waals surface area contributed by atoms with Crippen LogP contribution in [-0.4, -0.2) is 81.8 Å². The maximum atomic E-state index is 12.7. The minimum Gasteiger partial charge on any atom is -0.354 e. The lowest BCUT2D eigenvalue weighted by Gasteiger charge is -2.27. The summed E-state index contributed by atoms with van der Waals surface area (Å²) >= 11 is 1.33. The van der Waals surface area contributed by atoms with Crippen molar-refractivity contribution in [3.8, 4) is 10.6 Å². The molecule has 3 aromatic rings. The lowest BCUT2D eigenvalue weighted by atomic mass is 9.80. The molecule has 10 nitrogen and oxygen atoms in total. The molecule has 4 heterocycles. The first-order chi connectivity index (χ1) is 14.4. The molecular formula is C16H21B3N8O2S. The Morgan fingerprint density at radius 3 is 2.67 bits per heavy atom. The zero-order valence-corrected chi connectivity index (χ0v) is 18.0. The van der Waals surface area contributed by atoms with E-state index in [2.05, 4.69) is 30.6 Å². The molecule has 1 saturated heterocycles. The number of nitrogens with one attached hydrogen (secondary N) is 2. The second kappa shape index (κ2) is 8.21. The predicted molar refractivity (Wildman–Crippen MR) is 128 cm³/mol. The number of nitrogens with zero attached hydrogens (tertiary/aromatic N) is 5. The molecule has 0 bridgehead atoms. The highest BCUT2D eigenvalue weighted by Gasteiger charge is 2.20. The molecule has 0 aromatic carbocycles.